The summed E-state index contributed by atoms with van der Waals surface area (Å²) in [6, 6.07) is 6.60. The van der Waals surface area contributed by atoms with Crippen molar-refractivity contribution in [3.8, 4) is 16.9 Å². The first-order chi connectivity index (χ1) is 15.5. The number of ether oxygens (including phenoxy) is 1. The number of aryl methyl sites for hydroxylation is 1. The molecule has 0 unspecified atom stereocenters. The molecule has 5 heteroatoms. The van der Waals surface area contributed by atoms with Gasteiger partial charge in [0.1, 0.15) is 5.75 Å². The van der Waals surface area contributed by atoms with Crippen LogP contribution in [0.25, 0.3) is 17.2 Å². The van der Waals surface area contributed by atoms with Crippen LogP contribution >= 0.6 is 11.3 Å². The number of aliphatic carboxylic acids is 1. The van der Waals surface area contributed by atoms with Crippen molar-refractivity contribution in [2.24, 2.45) is 0 Å². The van der Waals surface area contributed by atoms with Crippen LogP contribution in [-0.2, 0) is 11.2 Å². The van der Waals surface area contributed by atoms with Crippen LogP contribution in [0.4, 0.5) is 4.39 Å². The second-order valence-electron chi connectivity index (χ2n) is 8.40. The van der Waals surface area contributed by atoms with Crippen molar-refractivity contribution < 1.29 is 19.0 Å². The molecule has 1 aromatic carbocycles. The first-order valence-electron chi connectivity index (χ1n) is 11.6. The van der Waals surface area contributed by atoms with Gasteiger partial charge < -0.3 is 9.84 Å². The third kappa shape index (κ3) is 6.32. The van der Waals surface area contributed by atoms with Crippen molar-refractivity contribution in [1.29, 1.82) is 0 Å². The molecule has 1 saturated carbocycles. The summed E-state index contributed by atoms with van der Waals surface area (Å²) in [6.45, 7) is 3.93. The molecule has 3 nitrogen and oxygen atoms in total. The maximum atomic E-state index is 12.8. The Hall–Kier alpha value is -2.40. The normalized spacial score (nSPS) is 15.4. The van der Waals surface area contributed by atoms with E-state index in [1.165, 1.54) is 49.3 Å². The van der Waals surface area contributed by atoms with Gasteiger partial charge in [0.05, 0.1) is 13.3 Å². The molecule has 0 spiro atoms. The van der Waals surface area contributed by atoms with E-state index in [-0.39, 0.29) is 6.67 Å². The number of hydrogen-bond acceptors (Lipinski definition) is 3. The SMILES string of the molecule is CCc1cc(-c2ccsc2/C=C/C(C)=C/C(=O)O)c(OCCCF)c(C2CCCCC2)c1. The smallest absolute Gasteiger partial charge is 0.328 e. The van der Waals surface area contributed by atoms with Crippen LogP contribution in [0.3, 0.4) is 0 Å². The predicted molar refractivity (Wildman–Crippen MR) is 131 cm³/mol. The molecule has 32 heavy (non-hydrogen) atoms. The molecule has 1 fully saturated rings. The zero-order chi connectivity index (χ0) is 22.9. The first kappa shape index (κ1) is 24.2. The third-order valence-corrected chi connectivity index (χ3v) is 6.87. The number of rotatable bonds is 10. The average molecular weight is 457 g/mol. The molecule has 1 aliphatic rings. The van der Waals surface area contributed by atoms with Crippen molar-refractivity contribution >= 4 is 23.4 Å². The molecular weight excluding hydrogens is 423 g/mol. The number of carbonyl (C=O) groups is 1. The molecule has 1 N–H and O–H groups in total. The van der Waals surface area contributed by atoms with Gasteiger partial charge in [-0.2, -0.15) is 0 Å². The van der Waals surface area contributed by atoms with Gasteiger partial charge >= 0.3 is 5.97 Å². The van der Waals surface area contributed by atoms with Crippen molar-refractivity contribution in [3.63, 3.8) is 0 Å². The topological polar surface area (TPSA) is 46.5 Å². The zero-order valence-corrected chi connectivity index (χ0v) is 19.8. The van der Waals surface area contributed by atoms with E-state index in [4.69, 9.17) is 9.84 Å². The molecule has 0 atom stereocenters. The fraction of sp³-hybridized carbons (Fsp3) is 0.444. The van der Waals surface area contributed by atoms with Crippen LogP contribution in [0, 0.1) is 0 Å². The van der Waals surface area contributed by atoms with Gasteiger partial charge in [0.15, 0.2) is 0 Å². The minimum Gasteiger partial charge on any atom is -0.493 e. The summed E-state index contributed by atoms with van der Waals surface area (Å²) in [5, 5.41) is 11.0. The molecule has 3 rings (SSSR count). The Morgan fingerprint density at radius 3 is 2.72 bits per heavy atom. The van der Waals surface area contributed by atoms with Gasteiger partial charge in [-0.1, -0.05) is 38.3 Å². The number of thiophene rings is 1. The summed E-state index contributed by atoms with van der Waals surface area (Å²) in [4.78, 5) is 12.0. The molecule has 1 aliphatic carbocycles. The van der Waals surface area contributed by atoms with Crippen LogP contribution in [0.2, 0.25) is 0 Å². The third-order valence-electron chi connectivity index (χ3n) is 5.99. The van der Waals surface area contributed by atoms with E-state index in [1.807, 2.05) is 12.2 Å². The Balaban J connectivity index is 2.08. The molecular formula is C27H33FO3S. The Morgan fingerprint density at radius 1 is 1.25 bits per heavy atom. The van der Waals surface area contributed by atoms with Crippen LogP contribution in [0.5, 0.6) is 5.75 Å². The number of carboxylic acids is 1. The fourth-order valence-electron chi connectivity index (χ4n) is 4.35. The van der Waals surface area contributed by atoms with Gasteiger partial charge in [0.2, 0.25) is 0 Å². The van der Waals surface area contributed by atoms with Crippen LogP contribution in [0.15, 0.2) is 41.3 Å². The van der Waals surface area contributed by atoms with Crippen LogP contribution in [0.1, 0.15) is 74.3 Å². The van der Waals surface area contributed by atoms with Gasteiger partial charge in [-0.15, -0.1) is 11.3 Å². The van der Waals surface area contributed by atoms with E-state index < -0.39 is 5.97 Å². The Morgan fingerprint density at radius 2 is 2.03 bits per heavy atom. The molecule has 0 bridgehead atoms. The lowest BCUT2D eigenvalue weighted by molar-refractivity contribution is -0.131. The first-order valence-corrected chi connectivity index (χ1v) is 12.4. The van der Waals surface area contributed by atoms with Crippen molar-refractivity contribution in [2.45, 2.75) is 64.7 Å². The van der Waals surface area contributed by atoms with Gasteiger partial charge in [0.25, 0.3) is 0 Å². The highest BCUT2D eigenvalue weighted by atomic mass is 32.1. The average Bonchev–Trinajstić information content (AvgIpc) is 3.26. The minimum atomic E-state index is -0.949. The molecule has 0 radical (unpaired) electrons. The maximum absolute atomic E-state index is 12.8. The largest absolute Gasteiger partial charge is 0.493 e. The molecule has 0 amide bonds. The van der Waals surface area contributed by atoms with E-state index in [9.17, 15) is 9.18 Å². The monoisotopic (exact) mass is 456 g/mol. The summed E-state index contributed by atoms with van der Waals surface area (Å²) in [5.74, 6) is 0.427. The second kappa shape index (κ2) is 12.0. The number of allylic oxidation sites excluding steroid dienone is 2. The number of hydrogen-bond donors (Lipinski definition) is 1. The number of carboxylic acid groups (broad SMARTS) is 1. The number of alkyl halides is 1. The summed E-state index contributed by atoms with van der Waals surface area (Å²) in [7, 11) is 0. The van der Waals surface area contributed by atoms with E-state index >= 15 is 0 Å². The molecule has 0 saturated heterocycles. The standard InChI is InChI=1S/C27H33FO3S/c1-3-20-17-23(21-8-5-4-6-9-21)27(31-14-7-13-28)24(18-20)22-12-15-32-25(22)11-10-19(2)16-26(29)30/h10-12,15-18,21H,3-9,13-14H2,1-2H3,(H,29,30)/b11-10+,19-16+. The number of halogens is 1. The van der Waals surface area contributed by atoms with E-state index in [1.54, 1.807) is 18.3 Å². The molecule has 2 aromatic rings. The fourth-order valence-corrected chi connectivity index (χ4v) is 5.15. The molecule has 0 aliphatic heterocycles. The molecule has 172 valence electrons. The van der Waals surface area contributed by atoms with Crippen LogP contribution in [-0.4, -0.2) is 24.4 Å². The van der Waals surface area contributed by atoms with Gasteiger partial charge in [-0.05, 0) is 72.4 Å². The van der Waals surface area contributed by atoms with E-state index in [0.29, 0.717) is 24.5 Å². The lowest BCUT2D eigenvalue weighted by Crippen LogP contribution is -2.10. The highest BCUT2D eigenvalue weighted by Gasteiger charge is 2.24. The summed E-state index contributed by atoms with van der Waals surface area (Å²) >= 11 is 1.62. The predicted octanol–water partition coefficient (Wildman–Crippen LogP) is 7.81. The van der Waals surface area contributed by atoms with Crippen molar-refractivity contribution in [2.75, 3.05) is 13.3 Å². The Labute approximate surface area is 194 Å². The highest BCUT2D eigenvalue weighted by molar-refractivity contribution is 7.11. The lowest BCUT2D eigenvalue weighted by atomic mass is 9.81. The second-order valence-corrected chi connectivity index (χ2v) is 9.35. The van der Waals surface area contributed by atoms with Gasteiger partial charge in [0, 0.05) is 28.5 Å². The van der Waals surface area contributed by atoms with Crippen molar-refractivity contribution in [3.05, 3.63) is 57.3 Å². The quantitative estimate of drug-likeness (QED) is 0.225. The number of benzene rings is 1. The van der Waals surface area contributed by atoms with E-state index in [0.717, 1.165) is 28.2 Å². The van der Waals surface area contributed by atoms with E-state index in [2.05, 4.69) is 30.5 Å². The van der Waals surface area contributed by atoms with Crippen LogP contribution < -0.4 is 4.74 Å². The minimum absolute atomic E-state index is 0.366. The van der Waals surface area contributed by atoms with Gasteiger partial charge in [-0.25, -0.2) is 4.79 Å². The molecule has 1 aromatic heterocycles. The zero-order valence-electron chi connectivity index (χ0n) is 19.0. The highest BCUT2D eigenvalue weighted by Crippen LogP contribution is 2.45. The summed E-state index contributed by atoms with van der Waals surface area (Å²) < 4.78 is 19.1. The Bertz CT molecular complexity index is 967. The molecule has 1 heterocycles. The lowest BCUT2D eigenvalue weighted by Gasteiger charge is -2.26. The Kier molecular flexibility index (Phi) is 9.10. The summed E-state index contributed by atoms with van der Waals surface area (Å²) in [6.07, 6.45) is 12.4. The maximum Gasteiger partial charge on any atom is 0.328 e. The van der Waals surface area contributed by atoms with Crippen molar-refractivity contribution in [1.82, 2.24) is 0 Å². The summed E-state index contributed by atoms with van der Waals surface area (Å²) in [5.41, 5.74) is 5.37. The van der Waals surface area contributed by atoms with Gasteiger partial charge in [-0.3, -0.25) is 4.39 Å².